The number of aliphatic hydroxyl groups excluding tert-OH is 1. The first-order valence-electron chi connectivity index (χ1n) is 11.4. The highest BCUT2D eigenvalue weighted by Gasteiger charge is 2.28. The van der Waals surface area contributed by atoms with Gasteiger partial charge in [-0.25, -0.2) is 4.98 Å². The Balaban J connectivity index is 1.28. The van der Waals surface area contributed by atoms with Gasteiger partial charge in [0, 0.05) is 45.0 Å². The highest BCUT2D eigenvalue weighted by molar-refractivity contribution is 5.92. The van der Waals surface area contributed by atoms with Crippen LogP contribution in [-0.2, 0) is 6.54 Å². The van der Waals surface area contributed by atoms with Crippen molar-refractivity contribution in [3.8, 4) is 0 Å². The van der Waals surface area contributed by atoms with Gasteiger partial charge in [-0.3, -0.25) is 19.5 Å². The summed E-state index contributed by atoms with van der Waals surface area (Å²) in [4.78, 5) is 40.4. The second-order valence-corrected chi connectivity index (χ2v) is 8.84. The van der Waals surface area contributed by atoms with Crippen molar-refractivity contribution in [1.29, 1.82) is 0 Å². The van der Waals surface area contributed by atoms with E-state index in [1.807, 2.05) is 24.4 Å². The molecule has 4 heterocycles. The quantitative estimate of drug-likeness (QED) is 0.520. The van der Waals surface area contributed by atoms with Crippen LogP contribution in [0.3, 0.4) is 0 Å². The number of piperazine rings is 1. The maximum atomic E-state index is 12.4. The summed E-state index contributed by atoms with van der Waals surface area (Å²) in [6, 6.07) is 7.47. The average Bonchev–Trinajstić information content (AvgIpc) is 3.69. The number of aromatic amines is 1. The van der Waals surface area contributed by atoms with Gasteiger partial charge in [0.05, 0.1) is 35.6 Å². The Hall–Kier alpha value is -3.30. The molecule has 5 rings (SSSR count). The van der Waals surface area contributed by atoms with Crippen molar-refractivity contribution < 1.29 is 9.90 Å². The Bertz CT molecular complexity index is 1220. The van der Waals surface area contributed by atoms with Crippen LogP contribution < -0.4 is 15.8 Å². The summed E-state index contributed by atoms with van der Waals surface area (Å²) >= 11 is 0. The third-order valence-electron chi connectivity index (χ3n) is 6.57. The predicted molar refractivity (Wildman–Crippen MR) is 125 cm³/mol. The smallest absolute Gasteiger partial charge is 0.269 e. The highest BCUT2D eigenvalue weighted by atomic mass is 16.3. The zero-order valence-corrected chi connectivity index (χ0v) is 18.6. The van der Waals surface area contributed by atoms with Gasteiger partial charge in [0.2, 0.25) is 0 Å². The highest BCUT2D eigenvalue weighted by Crippen LogP contribution is 2.38. The summed E-state index contributed by atoms with van der Waals surface area (Å²) < 4.78 is 0. The first-order chi connectivity index (χ1) is 16.1. The topological polar surface area (TPSA) is 114 Å². The molecule has 2 fully saturated rings. The van der Waals surface area contributed by atoms with E-state index in [9.17, 15) is 14.7 Å². The molecule has 0 bridgehead atoms. The molecule has 1 saturated heterocycles. The zero-order valence-electron chi connectivity index (χ0n) is 18.6. The van der Waals surface area contributed by atoms with Crippen LogP contribution >= 0.6 is 0 Å². The third kappa shape index (κ3) is 4.46. The molecule has 1 amide bonds. The summed E-state index contributed by atoms with van der Waals surface area (Å²) in [5.41, 5.74) is 4.71. The average molecular weight is 449 g/mol. The van der Waals surface area contributed by atoms with E-state index in [-0.39, 0.29) is 24.1 Å². The molecule has 172 valence electrons. The molecule has 1 saturated carbocycles. The lowest BCUT2D eigenvalue weighted by Crippen LogP contribution is -2.54. The van der Waals surface area contributed by atoms with Crippen molar-refractivity contribution in [2.45, 2.75) is 31.3 Å². The standard InChI is InChI=1S/C24H28N6O3/c1-25-24(33)20-5-4-17(11-27-20)30-7-6-29(18(13-30)14-31)12-15-8-22-21(26-10-15)9-19(16-2-3-16)23(32)28-22/h4-5,8-11,16,18,31H,2-3,6-7,12-14H2,1H3,(H,25,33)(H,28,32). The fraction of sp³-hybridized carbons (Fsp3) is 0.417. The molecule has 1 atom stereocenters. The Morgan fingerprint density at radius 3 is 2.76 bits per heavy atom. The molecular formula is C24H28N6O3. The van der Waals surface area contributed by atoms with Gasteiger partial charge in [-0.1, -0.05) is 0 Å². The first kappa shape index (κ1) is 21.5. The van der Waals surface area contributed by atoms with E-state index in [0.717, 1.165) is 53.8 Å². The Morgan fingerprint density at radius 1 is 1.21 bits per heavy atom. The second kappa shape index (κ2) is 8.92. The molecule has 0 spiro atoms. The van der Waals surface area contributed by atoms with Crippen LogP contribution in [0.2, 0.25) is 0 Å². The molecule has 0 aromatic carbocycles. The Morgan fingerprint density at radius 2 is 2.06 bits per heavy atom. The number of aromatic nitrogens is 3. The molecule has 0 radical (unpaired) electrons. The number of hydrogen-bond acceptors (Lipinski definition) is 7. The maximum Gasteiger partial charge on any atom is 0.269 e. The molecule has 9 nitrogen and oxygen atoms in total. The summed E-state index contributed by atoms with van der Waals surface area (Å²) in [5.74, 6) is 0.171. The molecule has 3 N–H and O–H groups in total. The second-order valence-electron chi connectivity index (χ2n) is 8.84. The van der Waals surface area contributed by atoms with Gasteiger partial charge in [0.1, 0.15) is 5.69 Å². The van der Waals surface area contributed by atoms with Crippen molar-refractivity contribution in [2.24, 2.45) is 0 Å². The number of nitrogens with zero attached hydrogens (tertiary/aromatic N) is 4. The van der Waals surface area contributed by atoms with Crippen molar-refractivity contribution in [1.82, 2.24) is 25.2 Å². The number of amides is 1. The van der Waals surface area contributed by atoms with Crippen molar-refractivity contribution in [2.75, 3.05) is 38.2 Å². The molecule has 3 aromatic rings. The molecule has 1 aliphatic carbocycles. The fourth-order valence-corrected chi connectivity index (χ4v) is 4.50. The van der Waals surface area contributed by atoms with E-state index < -0.39 is 0 Å². The number of rotatable bonds is 6. The monoisotopic (exact) mass is 448 g/mol. The largest absolute Gasteiger partial charge is 0.395 e. The number of hydrogen-bond donors (Lipinski definition) is 3. The summed E-state index contributed by atoms with van der Waals surface area (Å²) in [6.45, 7) is 2.86. The van der Waals surface area contributed by atoms with Crippen LogP contribution in [0, 0.1) is 0 Å². The van der Waals surface area contributed by atoms with Crippen LogP contribution in [0.1, 0.15) is 40.4 Å². The molecule has 3 aromatic heterocycles. The minimum absolute atomic E-state index is 0.0122. The van der Waals surface area contributed by atoms with Gasteiger partial charge in [-0.2, -0.15) is 0 Å². The maximum absolute atomic E-state index is 12.4. The molecule has 1 aliphatic heterocycles. The Labute approximate surface area is 191 Å². The van der Waals surface area contributed by atoms with Gasteiger partial charge in [0.15, 0.2) is 0 Å². The van der Waals surface area contributed by atoms with Gasteiger partial charge in [0.25, 0.3) is 11.5 Å². The number of anilines is 1. The fourth-order valence-electron chi connectivity index (χ4n) is 4.50. The molecule has 1 unspecified atom stereocenters. The number of pyridine rings is 3. The van der Waals surface area contributed by atoms with E-state index in [0.29, 0.717) is 24.7 Å². The van der Waals surface area contributed by atoms with Crippen molar-refractivity contribution >= 4 is 22.6 Å². The van der Waals surface area contributed by atoms with Gasteiger partial charge in [-0.05, 0) is 48.6 Å². The minimum atomic E-state index is -0.214. The first-order valence-corrected chi connectivity index (χ1v) is 11.4. The van der Waals surface area contributed by atoms with E-state index in [2.05, 4.69) is 30.1 Å². The van der Waals surface area contributed by atoms with E-state index in [1.54, 1.807) is 19.3 Å². The minimum Gasteiger partial charge on any atom is -0.395 e. The van der Waals surface area contributed by atoms with Crippen molar-refractivity contribution in [3.63, 3.8) is 0 Å². The lowest BCUT2D eigenvalue weighted by molar-refractivity contribution is 0.0958. The lowest BCUT2D eigenvalue weighted by Gasteiger charge is -2.41. The molecule has 9 heteroatoms. The summed E-state index contributed by atoms with van der Waals surface area (Å²) in [6.07, 6.45) is 5.72. The lowest BCUT2D eigenvalue weighted by atomic mass is 10.1. The summed E-state index contributed by atoms with van der Waals surface area (Å²) in [5, 5.41) is 12.6. The van der Waals surface area contributed by atoms with E-state index in [1.165, 1.54) is 0 Å². The number of H-pyrrole nitrogens is 1. The van der Waals surface area contributed by atoms with Crippen molar-refractivity contribution in [3.05, 3.63) is 63.8 Å². The number of carbonyl (C=O) groups is 1. The van der Waals surface area contributed by atoms with Gasteiger partial charge >= 0.3 is 0 Å². The normalized spacial score (nSPS) is 19.1. The predicted octanol–water partition coefficient (Wildman–Crippen LogP) is 1.24. The van der Waals surface area contributed by atoms with Crippen LogP contribution in [0.25, 0.3) is 11.0 Å². The SMILES string of the molecule is CNC(=O)c1ccc(N2CCN(Cc3cnc4cc(C5CC5)c(=O)[nH]c4c3)C(CO)C2)cn1. The van der Waals surface area contributed by atoms with E-state index >= 15 is 0 Å². The number of fused-ring (bicyclic) bond motifs is 1. The number of carbonyl (C=O) groups excluding carboxylic acids is 1. The third-order valence-corrected chi connectivity index (χ3v) is 6.57. The van der Waals surface area contributed by atoms with Crippen LogP contribution in [0.4, 0.5) is 5.69 Å². The number of aliphatic hydroxyl groups is 1. The number of nitrogens with one attached hydrogen (secondary N) is 2. The molecular weight excluding hydrogens is 420 g/mol. The van der Waals surface area contributed by atoms with Crippen LogP contribution in [0.5, 0.6) is 0 Å². The zero-order chi connectivity index (χ0) is 22.9. The molecule has 33 heavy (non-hydrogen) atoms. The van der Waals surface area contributed by atoms with Gasteiger partial charge in [-0.15, -0.1) is 0 Å². The summed E-state index contributed by atoms with van der Waals surface area (Å²) in [7, 11) is 1.58. The Kier molecular flexibility index (Phi) is 5.82. The van der Waals surface area contributed by atoms with Crippen LogP contribution in [0.15, 0.2) is 41.5 Å². The van der Waals surface area contributed by atoms with E-state index in [4.69, 9.17) is 0 Å². The molecule has 2 aliphatic rings. The van der Waals surface area contributed by atoms with Crippen LogP contribution in [-0.4, -0.2) is 70.2 Å². The van der Waals surface area contributed by atoms with Gasteiger partial charge < -0.3 is 20.3 Å².